The van der Waals surface area contributed by atoms with Gasteiger partial charge in [0.15, 0.2) is 0 Å². The predicted octanol–water partition coefficient (Wildman–Crippen LogP) is 4.87. The highest BCUT2D eigenvalue weighted by molar-refractivity contribution is 5.93. The third-order valence-electron chi connectivity index (χ3n) is 3.82. The van der Waals surface area contributed by atoms with Gasteiger partial charge in [0.1, 0.15) is 18.1 Å². The number of ether oxygens (including phenoxy) is 2. The minimum Gasteiger partial charge on any atom is -0.491 e. The van der Waals surface area contributed by atoms with Crippen molar-refractivity contribution in [1.29, 1.82) is 0 Å². The highest BCUT2D eigenvalue weighted by Crippen LogP contribution is 2.19. The van der Waals surface area contributed by atoms with Crippen LogP contribution in [0, 0.1) is 0 Å². The third-order valence-corrected chi connectivity index (χ3v) is 3.82. The van der Waals surface area contributed by atoms with Crippen molar-refractivity contribution in [2.45, 2.75) is 33.3 Å². The van der Waals surface area contributed by atoms with Crippen LogP contribution in [0.1, 0.15) is 27.2 Å². The van der Waals surface area contributed by atoms with Crippen LogP contribution < -0.4 is 20.1 Å². The van der Waals surface area contributed by atoms with Crippen molar-refractivity contribution in [1.82, 2.24) is 0 Å². The van der Waals surface area contributed by atoms with Gasteiger partial charge in [-0.1, -0.05) is 19.6 Å². The lowest BCUT2D eigenvalue weighted by Crippen LogP contribution is -2.21. The first kappa shape index (κ1) is 20.4. The molecule has 0 spiro atoms. The van der Waals surface area contributed by atoms with Crippen molar-refractivity contribution in [3.63, 3.8) is 0 Å². The molecular formula is C22H28N2O3. The summed E-state index contributed by atoms with van der Waals surface area (Å²) in [5.74, 6) is 1.39. The second-order valence-corrected chi connectivity index (χ2v) is 6.54. The molecule has 2 rings (SSSR count). The van der Waals surface area contributed by atoms with E-state index in [1.807, 2.05) is 56.3 Å². The van der Waals surface area contributed by atoms with Gasteiger partial charge in [-0.05, 0) is 62.2 Å². The first-order valence-electron chi connectivity index (χ1n) is 9.14. The third kappa shape index (κ3) is 7.44. The van der Waals surface area contributed by atoms with Crippen molar-refractivity contribution < 1.29 is 14.3 Å². The van der Waals surface area contributed by atoms with Crippen LogP contribution in [0.5, 0.6) is 11.5 Å². The summed E-state index contributed by atoms with van der Waals surface area (Å²) >= 11 is 0. The van der Waals surface area contributed by atoms with E-state index in [1.165, 1.54) is 0 Å². The Labute approximate surface area is 161 Å². The zero-order valence-corrected chi connectivity index (χ0v) is 16.2. The highest BCUT2D eigenvalue weighted by atomic mass is 16.5. The zero-order valence-electron chi connectivity index (χ0n) is 16.2. The van der Waals surface area contributed by atoms with Crippen molar-refractivity contribution >= 4 is 17.3 Å². The standard InChI is InChI=1S/C22H28N2O3/c1-5-17(4)27-20-11-9-18(10-12-20)23-14-22(25)24-19-7-6-8-21(13-19)26-15-16(2)3/h6-13,17,23H,2,5,14-15H2,1,3-4H3,(H,24,25). The number of nitrogens with one attached hydrogen (secondary N) is 2. The topological polar surface area (TPSA) is 59.6 Å². The Balaban J connectivity index is 1.82. The Kier molecular flexibility index (Phi) is 7.74. The molecular weight excluding hydrogens is 340 g/mol. The maximum absolute atomic E-state index is 12.2. The lowest BCUT2D eigenvalue weighted by molar-refractivity contribution is -0.114. The van der Waals surface area contributed by atoms with Gasteiger partial charge in [0.2, 0.25) is 5.91 Å². The van der Waals surface area contributed by atoms with Gasteiger partial charge < -0.3 is 20.1 Å². The van der Waals surface area contributed by atoms with Crippen LogP contribution in [-0.2, 0) is 4.79 Å². The van der Waals surface area contributed by atoms with Gasteiger partial charge in [0, 0.05) is 17.4 Å². The van der Waals surface area contributed by atoms with Crippen molar-refractivity contribution in [3.8, 4) is 11.5 Å². The average molecular weight is 368 g/mol. The van der Waals surface area contributed by atoms with Crippen LogP contribution in [0.2, 0.25) is 0 Å². The van der Waals surface area contributed by atoms with Crippen LogP contribution in [0.4, 0.5) is 11.4 Å². The molecule has 27 heavy (non-hydrogen) atoms. The lowest BCUT2D eigenvalue weighted by atomic mass is 10.2. The molecule has 0 bridgehead atoms. The smallest absolute Gasteiger partial charge is 0.243 e. The Bertz CT molecular complexity index is 756. The Morgan fingerprint density at radius 1 is 1.11 bits per heavy atom. The molecule has 144 valence electrons. The van der Waals surface area contributed by atoms with Gasteiger partial charge in [-0.2, -0.15) is 0 Å². The summed E-state index contributed by atoms with van der Waals surface area (Å²) in [6.07, 6.45) is 1.14. The molecule has 1 amide bonds. The molecule has 1 atom stereocenters. The molecule has 0 aliphatic carbocycles. The molecule has 5 heteroatoms. The lowest BCUT2D eigenvalue weighted by Gasteiger charge is -2.13. The van der Waals surface area contributed by atoms with Gasteiger partial charge >= 0.3 is 0 Å². The highest BCUT2D eigenvalue weighted by Gasteiger charge is 2.05. The molecule has 0 radical (unpaired) electrons. The van der Waals surface area contributed by atoms with E-state index in [0.717, 1.165) is 23.4 Å². The minimum atomic E-state index is -0.132. The van der Waals surface area contributed by atoms with E-state index in [9.17, 15) is 4.79 Å². The fourth-order valence-electron chi connectivity index (χ4n) is 2.22. The molecule has 0 aliphatic rings. The van der Waals surface area contributed by atoms with Crippen LogP contribution in [0.15, 0.2) is 60.7 Å². The fraction of sp³-hybridized carbons (Fsp3) is 0.318. The molecule has 0 saturated carbocycles. The number of rotatable bonds is 10. The fourth-order valence-corrected chi connectivity index (χ4v) is 2.22. The molecule has 0 aromatic heterocycles. The van der Waals surface area contributed by atoms with Crippen LogP contribution in [0.3, 0.4) is 0 Å². The van der Waals surface area contributed by atoms with E-state index >= 15 is 0 Å². The molecule has 0 saturated heterocycles. The van der Waals surface area contributed by atoms with E-state index in [-0.39, 0.29) is 18.6 Å². The number of carbonyl (C=O) groups is 1. The van der Waals surface area contributed by atoms with Gasteiger partial charge in [0.25, 0.3) is 0 Å². The van der Waals surface area contributed by atoms with E-state index in [2.05, 4.69) is 24.1 Å². The number of benzene rings is 2. The summed E-state index contributed by atoms with van der Waals surface area (Å²) < 4.78 is 11.3. The second-order valence-electron chi connectivity index (χ2n) is 6.54. The van der Waals surface area contributed by atoms with Crippen LogP contribution >= 0.6 is 0 Å². The minimum absolute atomic E-state index is 0.132. The van der Waals surface area contributed by atoms with Crippen LogP contribution in [-0.4, -0.2) is 25.2 Å². The number of anilines is 2. The molecule has 2 aromatic carbocycles. The largest absolute Gasteiger partial charge is 0.491 e. The first-order chi connectivity index (χ1) is 13.0. The summed E-state index contributed by atoms with van der Waals surface area (Å²) in [4.78, 5) is 12.2. The van der Waals surface area contributed by atoms with Gasteiger partial charge in [-0.3, -0.25) is 4.79 Å². The Morgan fingerprint density at radius 2 is 1.85 bits per heavy atom. The number of carbonyl (C=O) groups excluding carboxylic acids is 1. The predicted molar refractivity (Wildman–Crippen MR) is 111 cm³/mol. The zero-order chi connectivity index (χ0) is 19.6. The SMILES string of the molecule is C=C(C)COc1cccc(NC(=O)CNc2ccc(OC(C)CC)cc2)c1. The van der Waals surface area contributed by atoms with Crippen molar-refractivity contribution in [2.75, 3.05) is 23.8 Å². The molecule has 0 fully saturated rings. The number of amides is 1. The summed E-state index contributed by atoms with van der Waals surface area (Å²) in [6.45, 7) is 10.5. The van der Waals surface area contributed by atoms with E-state index in [0.29, 0.717) is 18.0 Å². The molecule has 2 N–H and O–H groups in total. The quantitative estimate of drug-likeness (QED) is 0.588. The maximum atomic E-state index is 12.2. The van der Waals surface area contributed by atoms with Crippen molar-refractivity contribution in [2.24, 2.45) is 0 Å². The summed E-state index contributed by atoms with van der Waals surface area (Å²) in [5, 5.41) is 5.96. The summed E-state index contributed by atoms with van der Waals surface area (Å²) in [5.41, 5.74) is 2.49. The van der Waals surface area contributed by atoms with E-state index < -0.39 is 0 Å². The monoisotopic (exact) mass is 368 g/mol. The Morgan fingerprint density at radius 3 is 2.52 bits per heavy atom. The molecule has 2 aromatic rings. The van der Waals surface area contributed by atoms with Crippen molar-refractivity contribution in [3.05, 3.63) is 60.7 Å². The normalized spacial score (nSPS) is 11.4. The first-order valence-corrected chi connectivity index (χ1v) is 9.14. The molecule has 5 nitrogen and oxygen atoms in total. The molecule has 1 unspecified atom stereocenters. The Hall–Kier alpha value is -2.95. The average Bonchev–Trinajstić information content (AvgIpc) is 2.66. The van der Waals surface area contributed by atoms with E-state index in [4.69, 9.17) is 9.47 Å². The summed E-state index contributed by atoms with van der Waals surface area (Å²) in [7, 11) is 0. The van der Waals surface area contributed by atoms with Gasteiger partial charge in [-0.15, -0.1) is 0 Å². The number of hydrogen-bond donors (Lipinski definition) is 2. The number of hydrogen-bond acceptors (Lipinski definition) is 4. The van der Waals surface area contributed by atoms with Crippen LogP contribution in [0.25, 0.3) is 0 Å². The summed E-state index contributed by atoms with van der Waals surface area (Å²) in [6, 6.07) is 14.9. The molecule has 0 aliphatic heterocycles. The second kappa shape index (κ2) is 10.3. The van der Waals surface area contributed by atoms with Gasteiger partial charge in [0.05, 0.1) is 12.6 Å². The maximum Gasteiger partial charge on any atom is 0.243 e. The van der Waals surface area contributed by atoms with Gasteiger partial charge in [-0.25, -0.2) is 0 Å². The van der Waals surface area contributed by atoms with E-state index in [1.54, 1.807) is 6.07 Å². The molecule has 0 heterocycles.